The van der Waals surface area contributed by atoms with Crippen molar-refractivity contribution in [2.45, 2.75) is 24.7 Å². The molecule has 2 N–H and O–H groups in total. The Morgan fingerprint density at radius 1 is 1.00 bits per heavy atom. The van der Waals surface area contributed by atoms with Gasteiger partial charge in [0.2, 0.25) is 0 Å². The fraction of sp³-hybridized carbons (Fsp3) is 0.167. The first-order valence-corrected chi connectivity index (χ1v) is 10.2. The number of carbonyl (C=O) groups is 1. The van der Waals surface area contributed by atoms with Gasteiger partial charge in [-0.15, -0.1) is 0 Å². The van der Waals surface area contributed by atoms with Crippen LogP contribution >= 0.6 is 0 Å². The summed E-state index contributed by atoms with van der Waals surface area (Å²) in [4.78, 5) is 13.1. The fourth-order valence-electron chi connectivity index (χ4n) is 4.16. The highest BCUT2D eigenvalue weighted by atomic mass is 19.4. The van der Waals surface area contributed by atoms with Gasteiger partial charge in [-0.3, -0.25) is 4.79 Å². The van der Waals surface area contributed by atoms with Gasteiger partial charge < -0.3 is 10.6 Å². The topological polar surface area (TPSA) is 59.0 Å². The van der Waals surface area contributed by atoms with E-state index in [4.69, 9.17) is 0 Å². The highest BCUT2D eigenvalue weighted by Crippen LogP contribution is 2.44. The first-order valence-electron chi connectivity index (χ1n) is 10.2. The van der Waals surface area contributed by atoms with E-state index >= 15 is 0 Å². The lowest BCUT2D eigenvalue weighted by Gasteiger charge is -2.34. The van der Waals surface area contributed by atoms with Crippen molar-refractivity contribution >= 4 is 28.2 Å². The summed E-state index contributed by atoms with van der Waals surface area (Å²) in [5.74, 6) is -0.463. The van der Waals surface area contributed by atoms with Gasteiger partial charge in [0.15, 0.2) is 6.04 Å². The number of benzene rings is 3. The molecule has 0 unspecified atom stereocenters. The van der Waals surface area contributed by atoms with Gasteiger partial charge in [-0.1, -0.05) is 66.7 Å². The predicted octanol–water partition coefficient (Wildman–Crippen LogP) is 5.95. The lowest BCUT2D eigenvalue weighted by molar-refractivity contribution is -0.173. The average Bonchev–Trinajstić information content (AvgIpc) is 3.23. The standard InChI is InChI=1S/C24H19F3N4O/c25-24(26,27)21-13-20(16-8-2-1-3-9-16)29-22-18(14-28-31(21)22)23(32)30-19-12-6-10-15-7-4-5-11-17(15)19/h1-12,14,20-21,29H,13H2,(H,30,32)/t20-,21+/m0/s1. The summed E-state index contributed by atoms with van der Waals surface area (Å²) in [6, 6.07) is 19.5. The summed E-state index contributed by atoms with van der Waals surface area (Å²) in [6.07, 6.45) is -3.53. The van der Waals surface area contributed by atoms with Crippen molar-refractivity contribution in [3.63, 3.8) is 0 Å². The third-order valence-electron chi connectivity index (χ3n) is 5.72. The number of hydrogen-bond donors (Lipinski definition) is 2. The second-order valence-electron chi connectivity index (χ2n) is 7.73. The highest BCUT2D eigenvalue weighted by molar-refractivity contribution is 6.11. The fourth-order valence-corrected chi connectivity index (χ4v) is 4.16. The molecule has 1 amide bonds. The Kier molecular flexibility index (Phi) is 4.84. The van der Waals surface area contributed by atoms with Crippen LogP contribution in [-0.4, -0.2) is 21.9 Å². The minimum absolute atomic E-state index is 0.0603. The number of carbonyl (C=O) groups excluding carboxylic acids is 1. The number of rotatable bonds is 3. The number of nitrogens with one attached hydrogen (secondary N) is 2. The summed E-state index contributed by atoms with van der Waals surface area (Å²) in [6.45, 7) is 0. The van der Waals surface area contributed by atoms with Crippen LogP contribution in [0.15, 0.2) is 79.0 Å². The van der Waals surface area contributed by atoms with E-state index < -0.39 is 24.2 Å². The zero-order valence-electron chi connectivity index (χ0n) is 16.8. The van der Waals surface area contributed by atoms with E-state index in [2.05, 4.69) is 15.7 Å². The van der Waals surface area contributed by atoms with Gasteiger partial charge in [-0.2, -0.15) is 18.3 Å². The van der Waals surface area contributed by atoms with Gasteiger partial charge in [0, 0.05) is 17.5 Å². The van der Waals surface area contributed by atoms with Gasteiger partial charge >= 0.3 is 6.18 Å². The number of aromatic nitrogens is 2. The Morgan fingerprint density at radius 3 is 2.50 bits per heavy atom. The molecule has 0 saturated heterocycles. The normalized spacial score (nSPS) is 18.1. The van der Waals surface area contributed by atoms with Crippen molar-refractivity contribution < 1.29 is 18.0 Å². The first-order chi connectivity index (χ1) is 15.4. The maximum Gasteiger partial charge on any atom is 0.410 e. The smallest absolute Gasteiger partial charge is 0.363 e. The summed E-state index contributed by atoms with van der Waals surface area (Å²) < 4.78 is 42.4. The van der Waals surface area contributed by atoms with Crippen molar-refractivity contribution in [3.05, 3.63) is 90.1 Å². The number of fused-ring (bicyclic) bond motifs is 2. The molecule has 1 aliphatic heterocycles. The molecular formula is C24H19F3N4O. The second-order valence-corrected chi connectivity index (χ2v) is 7.73. The molecule has 162 valence electrons. The van der Waals surface area contributed by atoms with Crippen LogP contribution in [0.2, 0.25) is 0 Å². The predicted molar refractivity (Wildman–Crippen MR) is 117 cm³/mol. The molecule has 2 atom stereocenters. The van der Waals surface area contributed by atoms with Crippen molar-refractivity contribution in [3.8, 4) is 0 Å². The van der Waals surface area contributed by atoms with Crippen LogP contribution in [0.5, 0.6) is 0 Å². The summed E-state index contributed by atoms with van der Waals surface area (Å²) >= 11 is 0. The quantitative estimate of drug-likeness (QED) is 0.417. The summed E-state index contributed by atoms with van der Waals surface area (Å²) in [5.41, 5.74) is 1.36. The molecule has 0 saturated carbocycles. The molecule has 3 aromatic carbocycles. The minimum atomic E-state index is -4.50. The lowest BCUT2D eigenvalue weighted by Crippen LogP contribution is -2.36. The molecular weight excluding hydrogens is 417 g/mol. The number of hydrogen-bond acceptors (Lipinski definition) is 3. The van der Waals surface area contributed by atoms with Crippen LogP contribution in [0.25, 0.3) is 10.8 Å². The van der Waals surface area contributed by atoms with Crippen molar-refractivity contribution in [2.24, 2.45) is 0 Å². The Hall–Kier alpha value is -3.81. The van der Waals surface area contributed by atoms with Crippen LogP contribution < -0.4 is 10.6 Å². The van der Waals surface area contributed by atoms with Gasteiger partial charge in [0.25, 0.3) is 5.91 Å². The summed E-state index contributed by atoms with van der Waals surface area (Å²) in [5, 5.41) is 11.7. The molecule has 0 radical (unpaired) electrons. The van der Waals surface area contributed by atoms with E-state index in [1.165, 1.54) is 6.20 Å². The maximum atomic E-state index is 13.9. The maximum absolute atomic E-state index is 13.9. The van der Waals surface area contributed by atoms with E-state index in [0.29, 0.717) is 5.69 Å². The molecule has 1 aliphatic rings. The van der Waals surface area contributed by atoms with E-state index in [0.717, 1.165) is 21.0 Å². The molecule has 0 aliphatic carbocycles. The Balaban J connectivity index is 1.52. The Morgan fingerprint density at radius 2 is 1.72 bits per heavy atom. The largest absolute Gasteiger partial charge is 0.410 e. The number of nitrogens with zero attached hydrogens (tertiary/aromatic N) is 2. The van der Waals surface area contributed by atoms with Gasteiger partial charge in [0.1, 0.15) is 11.4 Å². The van der Waals surface area contributed by atoms with Gasteiger partial charge in [-0.25, -0.2) is 4.68 Å². The van der Waals surface area contributed by atoms with Crippen LogP contribution in [0, 0.1) is 0 Å². The molecule has 5 rings (SSSR count). The summed E-state index contributed by atoms with van der Waals surface area (Å²) in [7, 11) is 0. The lowest BCUT2D eigenvalue weighted by atomic mass is 9.96. The second kappa shape index (κ2) is 7.71. The van der Waals surface area contributed by atoms with Gasteiger partial charge in [-0.05, 0) is 17.0 Å². The number of amides is 1. The average molecular weight is 436 g/mol. The number of anilines is 2. The third kappa shape index (κ3) is 3.57. The molecule has 5 nitrogen and oxygen atoms in total. The molecule has 8 heteroatoms. The van der Waals surface area contributed by atoms with E-state index in [1.54, 1.807) is 36.4 Å². The van der Waals surface area contributed by atoms with Crippen LogP contribution in [0.4, 0.5) is 24.7 Å². The molecule has 2 heterocycles. The Bertz CT molecular complexity index is 1280. The van der Waals surface area contributed by atoms with E-state index in [1.807, 2.05) is 36.4 Å². The van der Waals surface area contributed by atoms with Crippen molar-refractivity contribution in [2.75, 3.05) is 10.6 Å². The minimum Gasteiger partial charge on any atom is -0.363 e. The van der Waals surface area contributed by atoms with Gasteiger partial charge in [0.05, 0.1) is 12.2 Å². The monoisotopic (exact) mass is 436 g/mol. The first kappa shape index (κ1) is 20.1. The zero-order chi connectivity index (χ0) is 22.3. The zero-order valence-corrected chi connectivity index (χ0v) is 16.8. The number of halogens is 3. The molecule has 0 spiro atoms. The van der Waals surface area contributed by atoms with Crippen molar-refractivity contribution in [1.82, 2.24) is 9.78 Å². The highest BCUT2D eigenvalue weighted by Gasteiger charge is 2.47. The van der Waals surface area contributed by atoms with E-state index in [-0.39, 0.29) is 17.8 Å². The number of alkyl halides is 3. The third-order valence-corrected chi connectivity index (χ3v) is 5.72. The molecule has 1 aromatic heterocycles. The van der Waals surface area contributed by atoms with Crippen LogP contribution in [-0.2, 0) is 0 Å². The van der Waals surface area contributed by atoms with Crippen LogP contribution in [0.3, 0.4) is 0 Å². The van der Waals surface area contributed by atoms with Crippen molar-refractivity contribution in [1.29, 1.82) is 0 Å². The SMILES string of the molecule is O=C(Nc1cccc2ccccc12)c1cnn2c1N[C@H](c1ccccc1)C[C@@H]2C(F)(F)F. The molecule has 32 heavy (non-hydrogen) atoms. The Labute approximate surface area is 181 Å². The van der Waals surface area contributed by atoms with E-state index in [9.17, 15) is 18.0 Å². The molecule has 4 aromatic rings. The molecule has 0 bridgehead atoms. The van der Waals surface area contributed by atoms with Crippen LogP contribution in [0.1, 0.15) is 34.4 Å². The molecule has 0 fully saturated rings.